The van der Waals surface area contributed by atoms with Crippen molar-refractivity contribution in [1.82, 2.24) is 4.90 Å². The second kappa shape index (κ2) is 8.34. The van der Waals surface area contributed by atoms with Crippen molar-refractivity contribution in [3.63, 3.8) is 0 Å². The number of carbonyl (C=O) groups excluding carboxylic acids is 2. The van der Waals surface area contributed by atoms with Crippen molar-refractivity contribution in [2.45, 2.75) is 38.6 Å². The van der Waals surface area contributed by atoms with Gasteiger partial charge in [0, 0.05) is 31.0 Å². The zero-order valence-corrected chi connectivity index (χ0v) is 14.9. The van der Waals surface area contributed by atoms with Crippen molar-refractivity contribution < 1.29 is 14.3 Å². The van der Waals surface area contributed by atoms with Crippen LogP contribution in [0.4, 0.5) is 11.4 Å². The van der Waals surface area contributed by atoms with E-state index in [0.29, 0.717) is 6.54 Å². The van der Waals surface area contributed by atoms with E-state index in [1.54, 1.807) is 0 Å². The highest BCUT2D eigenvalue weighted by Gasteiger charge is 2.37. The van der Waals surface area contributed by atoms with Crippen molar-refractivity contribution in [3.8, 4) is 0 Å². The third kappa shape index (κ3) is 4.31. The first-order chi connectivity index (χ1) is 12.2. The molecule has 0 saturated carbocycles. The first-order valence-corrected chi connectivity index (χ1v) is 9.22. The SMILES string of the molecule is CCCCCN1C(=O)CC(Nc2ccc(N3CCOCC3)cc2)C1=O. The van der Waals surface area contributed by atoms with E-state index >= 15 is 0 Å². The van der Waals surface area contributed by atoms with Crippen LogP contribution in [0.25, 0.3) is 0 Å². The summed E-state index contributed by atoms with van der Waals surface area (Å²) in [7, 11) is 0. The number of hydrogen-bond acceptors (Lipinski definition) is 5. The lowest BCUT2D eigenvalue weighted by Gasteiger charge is -2.29. The van der Waals surface area contributed by atoms with E-state index in [1.807, 2.05) is 24.3 Å². The van der Waals surface area contributed by atoms with Crippen molar-refractivity contribution in [3.05, 3.63) is 24.3 Å². The van der Waals surface area contributed by atoms with Crippen LogP contribution in [0.3, 0.4) is 0 Å². The molecule has 0 spiro atoms. The van der Waals surface area contributed by atoms with Gasteiger partial charge in [0.15, 0.2) is 0 Å². The van der Waals surface area contributed by atoms with E-state index < -0.39 is 6.04 Å². The summed E-state index contributed by atoms with van der Waals surface area (Å²) < 4.78 is 5.37. The van der Waals surface area contributed by atoms with Crippen LogP contribution in [0.5, 0.6) is 0 Å². The van der Waals surface area contributed by atoms with Crippen molar-refractivity contribution in [2.75, 3.05) is 43.1 Å². The van der Waals surface area contributed by atoms with Crippen molar-refractivity contribution >= 4 is 23.2 Å². The minimum atomic E-state index is -0.441. The number of likely N-dealkylation sites (tertiary alicyclic amines) is 1. The van der Waals surface area contributed by atoms with Crippen LogP contribution in [0, 0.1) is 0 Å². The maximum absolute atomic E-state index is 12.4. The van der Waals surface area contributed by atoms with Gasteiger partial charge in [-0.05, 0) is 30.7 Å². The van der Waals surface area contributed by atoms with Crippen molar-refractivity contribution in [1.29, 1.82) is 0 Å². The van der Waals surface area contributed by atoms with Crippen LogP contribution >= 0.6 is 0 Å². The zero-order valence-electron chi connectivity index (χ0n) is 14.9. The lowest BCUT2D eigenvalue weighted by molar-refractivity contribution is -0.138. The van der Waals surface area contributed by atoms with Gasteiger partial charge in [-0.2, -0.15) is 0 Å². The van der Waals surface area contributed by atoms with E-state index in [1.165, 1.54) is 4.90 Å². The van der Waals surface area contributed by atoms with E-state index in [9.17, 15) is 9.59 Å². The molecule has 2 saturated heterocycles. The molecule has 2 fully saturated rings. The van der Waals surface area contributed by atoms with Gasteiger partial charge in [-0.1, -0.05) is 19.8 Å². The maximum atomic E-state index is 12.4. The highest BCUT2D eigenvalue weighted by Crippen LogP contribution is 2.22. The molecule has 2 aliphatic rings. The Morgan fingerprint density at radius 3 is 2.52 bits per heavy atom. The topological polar surface area (TPSA) is 61.9 Å². The minimum Gasteiger partial charge on any atom is -0.378 e. The Kier molecular flexibility index (Phi) is 5.91. The molecule has 0 aromatic heterocycles. The number of anilines is 2. The summed E-state index contributed by atoms with van der Waals surface area (Å²) in [6.45, 7) is 5.96. The van der Waals surface area contributed by atoms with Gasteiger partial charge >= 0.3 is 0 Å². The minimum absolute atomic E-state index is 0.0662. The fourth-order valence-corrected chi connectivity index (χ4v) is 3.34. The fraction of sp³-hybridized carbons (Fsp3) is 0.579. The number of rotatable bonds is 7. The lowest BCUT2D eigenvalue weighted by Crippen LogP contribution is -2.36. The first kappa shape index (κ1) is 17.7. The van der Waals surface area contributed by atoms with Crippen molar-refractivity contribution in [2.24, 2.45) is 0 Å². The highest BCUT2D eigenvalue weighted by atomic mass is 16.5. The molecular formula is C19H27N3O3. The summed E-state index contributed by atoms with van der Waals surface area (Å²) in [4.78, 5) is 28.2. The second-order valence-corrected chi connectivity index (χ2v) is 6.64. The number of hydrogen-bond donors (Lipinski definition) is 1. The Labute approximate surface area is 149 Å². The first-order valence-electron chi connectivity index (χ1n) is 9.22. The van der Waals surface area contributed by atoms with Gasteiger partial charge in [0.2, 0.25) is 5.91 Å². The number of imide groups is 1. The molecule has 6 nitrogen and oxygen atoms in total. The second-order valence-electron chi connectivity index (χ2n) is 6.64. The van der Waals surface area contributed by atoms with Gasteiger partial charge in [0.05, 0.1) is 19.6 Å². The molecule has 0 bridgehead atoms. The third-order valence-electron chi connectivity index (χ3n) is 4.81. The normalized spacial score (nSPS) is 21.1. The predicted molar refractivity (Wildman–Crippen MR) is 97.7 cm³/mol. The number of nitrogens with zero attached hydrogens (tertiary/aromatic N) is 2. The lowest BCUT2D eigenvalue weighted by atomic mass is 10.2. The highest BCUT2D eigenvalue weighted by molar-refractivity contribution is 6.06. The molecule has 2 aliphatic heterocycles. The van der Waals surface area contributed by atoms with Gasteiger partial charge in [-0.3, -0.25) is 14.5 Å². The van der Waals surface area contributed by atoms with Gasteiger partial charge < -0.3 is 15.0 Å². The Balaban J connectivity index is 1.56. The number of unbranched alkanes of at least 4 members (excludes halogenated alkanes) is 2. The molecule has 1 unspecified atom stereocenters. The Morgan fingerprint density at radius 1 is 1.12 bits per heavy atom. The van der Waals surface area contributed by atoms with Crippen LogP contribution in [0.1, 0.15) is 32.6 Å². The van der Waals surface area contributed by atoms with Crippen LogP contribution in [0.15, 0.2) is 24.3 Å². The van der Waals surface area contributed by atoms with Crippen LogP contribution in [-0.4, -0.2) is 55.6 Å². The Morgan fingerprint density at radius 2 is 1.84 bits per heavy atom. The number of carbonyl (C=O) groups is 2. The molecule has 136 valence electrons. The molecule has 3 rings (SSSR count). The molecular weight excluding hydrogens is 318 g/mol. The molecule has 1 atom stereocenters. The van der Waals surface area contributed by atoms with Crippen LogP contribution in [-0.2, 0) is 14.3 Å². The summed E-state index contributed by atoms with van der Waals surface area (Å²) in [5.41, 5.74) is 2.03. The number of nitrogens with one attached hydrogen (secondary N) is 1. The maximum Gasteiger partial charge on any atom is 0.252 e. The fourth-order valence-electron chi connectivity index (χ4n) is 3.34. The number of benzene rings is 1. The molecule has 1 N–H and O–H groups in total. The smallest absolute Gasteiger partial charge is 0.252 e. The molecule has 6 heteroatoms. The summed E-state index contributed by atoms with van der Waals surface area (Å²) in [5.74, 6) is -0.165. The summed E-state index contributed by atoms with van der Waals surface area (Å²) >= 11 is 0. The monoisotopic (exact) mass is 345 g/mol. The van der Waals surface area contributed by atoms with E-state index in [0.717, 1.165) is 56.9 Å². The number of amides is 2. The zero-order chi connectivity index (χ0) is 17.6. The molecule has 0 aliphatic carbocycles. The molecule has 2 amide bonds. The number of ether oxygens (including phenoxy) is 1. The van der Waals surface area contributed by atoms with E-state index in [2.05, 4.69) is 17.1 Å². The summed E-state index contributed by atoms with van der Waals surface area (Å²) in [5, 5.41) is 3.22. The van der Waals surface area contributed by atoms with Crippen LogP contribution in [0.2, 0.25) is 0 Å². The number of morpholine rings is 1. The third-order valence-corrected chi connectivity index (χ3v) is 4.81. The average Bonchev–Trinajstić information content (AvgIpc) is 2.90. The molecule has 1 aromatic carbocycles. The molecule has 0 radical (unpaired) electrons. The standard InChI is InChI=1S/C19H27N3O3/c1-2-3-4-9-22-18(23)14-17(19(22)24)20-15-5-7-16(8-6-15)21-10-12-25-13-11-21/h5-8,17,20H,2-4,9-14H2,1H3. The largest absolute Gasteiger partial charge is 0.378 e. The molecule has 1 aromatic rings. The van der Waals surface area contributed by atoms with E-state index in [-0.39, 0.29) is 18.2 Å². The quantitative estimate of drug-likeness (QED) is 0.607. The summed E-state index contributed by atoms with van der Waals surface area (Å²) in [6, 6.07) is 7.61. The van der Waals surface area contributed by atoms with Gasteiger partial charge in [0.25, 0.3) is 5.91 Å². The Hall–Kier alpha value is -2.08. The van der Waals surface area contributed by atoms with Gasteiger partial charge in [0.1, 0.15) is 6.04 Å². The Bertz CT molecular complexity index is 596. The van der Waals surface area contributed by atoms with Gasteiger partial charge in [-0.25, -0.2) is 0 Å². The van der Waals surface area contributed by atoms with Gasteiger partial charge in [-0.15, -0.1) is 0 Å². The molecule has 25 heavy (non-hydrogen) atoms. The van der Waals surface area contributed by atoms with Crippen LogP contribution < -0.4 is 10.2 Å². The van der Waals surface area contributed by atoms with E-state index in [4.69, 9.17) is 4.74 Å². The summed E-state index contributed by atoms with van der Waals surface area (Å²) in [6.07, 6.45) is 3.25. The average molecular weight is 345 g/mol. The predicted octanol–water partition coefficient (Wildman–Crippen LogP) is 2.25. The molecule has 2 heterocycles.